The van der Waals surface area contributed by atoms with Gasteiger partial charge in [-0.25, -0.2) is 13.2 Å². The molecule has 1 N–H and O–H groups in total. The SMILES string of the molecule is CCOC(=O)C[C@@H](c1ccc(F)cc1)C1CCN(C(=O)CCNC(=O)c2ccc(F)cc2F)CC1. The Labute approximate surface area is 202 Å². The predicted molar refractivity (Wildman–Crippen MR) is 123 cm³/mol. The van der Waals surface area contributed by atoms with E-state index in [2.05, 4.69) is 5.32 Å². The number of nitrogens with zero attached hydrogens (tertiary/aromatic N) is 1. The maximum atomic E-state index is 13.7. The molecule has 0 aromatic heterocycles. The lowest BCUT2D eigenvalue weighted by Gasteiger charge is -2.36. The monoisotopic (exact) mass is 490 g/mol. The summed E-state index contributed by atoms with van der Waals surface area (Å²) in [6, 6.07) is 8.80. The first-order valence-electron chi connectivity index (χ1n) is 11.7. The van der Waals surface area contributed by atoms with Crippen LogP contribution in [-0.2, 0) is 14.3 Å². The molecule has 0 bridgehead atoms. The van der Waals surface area contributed by atoms with Crippen LogP contribution in [0.25, 0.3) is 0 Å². The number of carbonyl (C=O) groups excluding carboxylic acids is 3. The highest BCUT2D eigenvalue weighted by atomic mass is 19.1. The van der Waals surface area contributed by atoms with Crippen molar-refractivity contribution in [3.8, 4) is 0 Å². The van der Waals surface area contributed by atoms with Crippen molar-refractivity contribution in [2.45, 2.75) is 38.5 Å². The second kappa shape index (κ2) is 12.4. The molecule has 9 heteroatoms. The fourth-order valence-corrected chi connectivity index (χ4v) is 4.43. The Balaban J connectivity index is 1.51. The van der Waals surface area contributed by atoms with Crippen molar-refractivity contribution in [3.63, 3.8) is 0 Å². The minimum Gasteiger partial charge on any atom is -0.466 e. The van der Waals surface area contributed by atoms with Gasteiger partial charge in [-0.3, -0.25) is 14.4 Å². The molecule has 0 spiro atoms. The molecule has 1 fully saturated rings. The van der Waals surface area contributed by atoms with Crippen molar-refractivity contribution in [2.75, 3.05) is 26.2 Å². The van der Waals surface area contributed by atoms with E-state index < -0.39 is 17.5 Å². The molecule has 0 radical (unpaired) electrons. The molecule has 1 heterocycles. The molecule has 0 saturated carbocycles. The van der Waals surface area contributed by atoms with Gasteiger partial charge in [-0.05, 0) is 61.4 Å². The van der Waals surface area contributed by atoms with Crippen molar-refractivity contribution in [2.24, 2.45) is 5.92 Å². The van der Waals surface area contributed by atoms with Crippen molar-refractivity contribution in [1.29, 1.82) is 0 Å². The molecule has 1 saturated heterocycles. The van der Waals surface area contributed by atoms with E-state index in [1.807, 2.05) is 0 Å². The van der Waals surface area contributed by atoms with Crippen molar-refractivity contribution in [1.82, 2.24) is 10.2 Å². The third-order valence-corrected chi connectivity index (χ3v) is 6.25. The van der Waals surface area contributed by atoms with Crippen molar-refractivity contribution in [3.05, 3.63) is 71.0 Å². The predicted octanol–water partition coefficient (Wildman–Crippen LogP) is 4.20. The zero-order chi connectivity index (χ0) is 25.4. The first kappa shape index (κ1) is 26.2. The average molecular weight is 491 g/mol. The summed E-state index contributed by atoms with van der Waals surface area (Å²) in [6.07, 6.45) is 1.56. The van der Waals surface area contributed by atoms with Gasteiger partial charge in [0.25, 0.3) is 5.91 Å². The Morgan fingerprint density at radius 1 is 1.03 bits per heavy atom. The lowest BCUT2D eigenvalue weighted by atomic mass is 9.78. The molecule has 35 heavy (non-hydrogen) atoms. The van der Waals surface area contributed by atoms with Gasteiger partial charge in [-0.2, -0.15) is 0 Å². The highest BCUT2D eigenvalue weighted by Gasteiger charge is 2.31. The van der Waals surface area contributed by atoms with Gasteiger partial charge in [-0.15, -0.1) is 0 Å². The van der Waals surface area contributed by atoms with Crippen LogP contribution >= 0.6 is 0 Å². The normalized spacial score (nSPS) is 14.9. The van der Waals surface area contributed by atoms with E-state index in [0.29, 0.717) is 32.0 Å². The molecule has 2 amide bonds. The van der Waals surface area contributed by atoms with E-state index >= 15 is 0 Å². The van der Waals surface area contributed by atoms with Crippen LogP contribution in [0.1, 0.15) is 54.4 Å². The number of amides is 2. The van der Waals surface area contributed by atoms with E-state index in [1.165, 1.54) is 12.1 Å². The van der Waals surface area contributed by atoms with E-state index in [9.17, 15) is 27.6 Å². The van der Waals surface area contributed by atoms with Crippen LogP contribution in [0.4, 0.5) is 13.2 Å². The molecule has 6 nitrogen and oxygen atoms in total. The standard InChI is InChI=1S/C26H29F3N2O4/c1-2-35-25(33)16-22(17-3-5-19(27)6-4-17)18-10-13-31(14-11-18)24(32)9-12-30-26(34)21-8-7-20(28)15-23(21)29/h3-8,15,18,22H,2,9-14,16H2,1H3,(H,30,34)/t22-/m0/s1. The number of rotatable bonds is 9. The topological polar surface area (TPSA) is 75.7 Å². The molecule has 188 valence electrons. The minimum absolute atomic E-state index is 0.0233. The Bertz CT molecular complexity index is 1040. The number of hydrogen-bond donors (Lipinski definition) is 1. The molecule has 1 aliphatic heterocycles. The molecule has 3 rings (SSSR count). The Morgan fingerprint density at radius 2 is 1.69 bits per heavy atom. The van der Waals surface area contributed by atoms with Crippen LogP contribution in [0.3, 0.4) is 0 Å². The maximum absolute atomic E-state index is 13.7. The fourth-order valence-electron chi connectivity index (χ4n) is 4.43. The van der Waals surface area contributed by atoms with Crippen LogP contribution in [0.2, 0.25) is 0 Å². The highest BCUT2D eigenvalue weighted by molar-refractivity contribution is 5.94. The van der Waals surface area contributed by atoms with E-state index in [1.54, 1.807) is 24.0 Å². The quantitative estimate of drug-likeness (QED) is 0.535. The van der Waals surface area contributed by atoms with Gasteiger partial charge < -0.3 is 15.0 Å². The van der Waals surface area contributed by atoms with E-state index in [0.717, 1.165) is 17.7 Å². The number of ether oxygens (including phenoxy) is 1. The molecule has 1 atom stereocenters. The number of carbonyl (C=O) groups is 3. The van der Waals surface area contributed by atoms with Gasteiger partial charge in [0.1, 0.15) is 17.5 Å². The highest BCUT2D eigenvalue weighted by Crippen LogP contribution is 2.36. The van der Waals surface area contributed by atoms with E-state index in [4.69, 9.17) is 4.74 Å². The summed E-state index contributed by atoms with van der Waals surface area (Å²) in [7, 11) is 0. The van der Waals surface area contributed by atoms with Gasteiger partial charge in [0.05, 0.1) is 18.6 Å². The molecule has 0 aliphatic carbocycles. The fraction of sp³-hybridized carbons (Fsp3) is 0.423. The minimum atomic E-state index is -0.963. The average Bonchev–Trinajstić information content (AvgIpc) is 2.83. The zero-order valence-corrected chi connectivity index (χ0v) is 19.6. The van der Waals surface area contributed by atoms with Crippen molar-refractivity contribution >= 4 is 17.8 Å². The van der Waals surface area contributed by atoms with Gasteiger partial charge in [0.2, 0.25) is 5.91 Å². The van der Waals surface area contributed by atoms with Crippen LogP contribution in [0.5, 0.6) is 0 Å². The Morgan fingerprint density at radius 3 is 2.31 bits per heavy atom. The largest absolute Gasteiger partial charge is 0.466 e. The second-order valence-corrected chi connectivity index (χ2v) is 8.52. The van der Waals surface area contributed by atoms with Crippen LogP contribution in [-0.4, -0.2) is 48.9 Å². The number of nitrogens with one attached hydrogen (secondary N) is 1. The first-order valence-corrected chi connectivity index (χ1v) is 11.7. The molecular weight excluding hydrogens is 461 g/mol. The molecule has 2 aromatic carbocycles. The summed E-state index contributed by atoms with van der Waals surface area (Å²) < 4.78 is 45.2. The maximum Gasteiger partial charge on any atom is 0.306 e. The summed E-state index contributed by atoms with van der Waals surface area (Å²) >= 11 is 0. The number of piperidine rings is 1. The van der Waals surface area contributed by atoms with E-state index in [-0.39, 0.29) is 61.1 Å². The van der Waals surface area contributed by atoms with Crippen molar-refractivity contribution < 1.29 is 32.3 Å². The number of benzene rings is 2. The third kappa shape index (κ3) is 7.31. The van der Waals surface area contributed by atoms with Gasteiger partial charge >= 0.3 is 5.97 Å². The number of halogens is 3. The molecular formula is C26H29F3N2O4. The number of likely N-dealkylation sites (tertiary alicyclic amines) is 1. The summed E-state index contributed by atoms with van der Waals surface area (Å²) in [6.45, 7) is 3.03. The zero-order valence-electron chi connectivity index (χ0n) is 19.6. The lowest BCUT2D eigenvalue weighted by Crippen LogP contribution is -2.41. The Kier molecular flexibility index (Phi) is 9.28. The molecule has 1 aliphatic rings. The Hall–Kier alpha value is -3.36. The molecule has 0 unspecified atom stereocenters. The molecule has 2 aromatic rings. The number of hydrogen-bond acceptors (Lipinski definition) is 4. The van der Waals surface area contributed by atoms with Gasteiger partial charge in [-0.1, -0.05) is 12.1 Å². The smallest absolute Gasteiger partial charge is 0.306 e. The summed E-state index contributed by atoms with van der Waals surface area (Å²) in [5.41, 5.74) is 0.577. The summed E-state index contributed by atoms with van der Waals surface area (Å²) in [4.78, 5) is 38.6. The lowest BCUT2D eigenvalue weighted by molar-refractivity contribution is -0.144. The van der Waals surface area contributed by atoms with Crippen LogP contribution in [0.15, 0.2) is 42.5 Å². The first-order chi connectivity index (χ1) is 16.8. The van der Waals surface area contributed by atoms with Crippen LogP contribution in [0, 0.1) is 23.4 Å². The second-order valence-electron chi connectivity index (χ2n) is 8.52. The number of esters is 1. The third-order valence-electron chi connectivity index (χ3n) is 6.25. The summed E-state index contributed by atoms with van der Waals surface area (Å²) in [5, 5.41) is 2.48. The van der Waals surface area contributed by atoms with Crippen LogP contribution < -0.4 is 5.32 Å². The summed E-state index contributed by atoms with van der Waals surface area (Å²) in [5.74, 6) is -3.28. The van der Waals surface area contributed by atoms with Gasteiger partial charge in [0, 0.05) is 32.1 Å². The van der Waals surface area contributed by atoms with Gasteiger partial charge in [0.15, 0.2) is 0 Å².